The molecule has 12 radical (unpaired) electrons. The van der Waals surface area contributed by atoms with Gasteiger partial charge in [-0.05, 0) is 0 Å². The zero-order chi connectivity index (χ0) is 21.0. The topological polar surface area (TPSA) is 3.24 Å². The van der Waals surface area contributed by atoms with Gasteiger partial charge in [-0.1, -0.05) is 114 Å². The Morgan fingerprint density at radius 3 is 0.735 bits per heavy atom. The van der Waals surface area contributed by atoms with Crippen molar-refractivity contribution in [1.29, 1.82) is 0 Å². The second kappa shape index (κ2) is 43.6. The molecule has 0 spiro atoms. The Hall–Kier alpha value is 6.19. The molecule has 0 saturated heterocycles. The Labute approximate surface area is 370 Å². The minimum Gasteiger partial charge on any atom is -0.292 e. The van der Waals surface area contributed by atoms with Gasteiger partial charge in [-0.3, -0.25) is 4.90 Å². The molecular formula is C21H39B6NY6. The number of hydrogen-bond donors (Lipinski definition) is 0. The van der Waals surface area contributed by atoms with Gasteiger partial charge in [0.2, 0.25) is 0 Å². The Morgan fingerprint density at radius 1 is 0.412 bits per heavy atom. The van der Waals surface area contributed by atoms with Gasteiger partial charge >= 0.3 is 0 Å². The zero-order valence-electron chi connectivity index (χ0n) is 23.0. The summed E-state index contributed by atoms with van der Waals surface area (Å²) < 4.78 is 0. The van der Waals surface area contributed by atoms with Gasteiger partial charge in [0.1, 0.15) is 43.7 Å². The minimum atomic E-state index is 0. The van der Waals surface area contributed by atoms with Crippen LogP contribution in [0.1, 0.15) is 0 Å². The number of allylic oxidation sites excluding steroid dienone is 3. The van der Waals surface area contributed by atoms with Crippen molar-refractivity contribution in [2.75, 3.05) is 19.6 Å². The van der Waals surface area contributed by atoms with Crippen molar-refractivity contribution in [2.24, 2.45) is 0 Å². The summed E-state index contributed by atoms with van der Waals surface area (Å²) in [7, 11) is 13.6. The van der Waals surface area contributed by atoms with Crippen LogP contribution in [0.15, 0.2) is 34.9 Å². The molecule has 0 aliphatic rings. The third-order valence-electron chi connectivity index (χ3n) is 4.71. The first-order valence-electron chi connectivity index (χ1n) is 11.1. The van der Waals surface area contributed by atoms with E-state index in [2.05, 4.69) is 108 Å². The van der Waals surface area contributed by atoms with Crippen molar-refractivity contribution >= 4 is 43.7 Å². The summed E-state index contributed by atoms with van der Waals surface area (Å²) in [6.45, 7) is 15.9. The molecule has 0 amide bonds. The smallest absolute Gasteiger partial charge is 0.111 e. The number of nitrogens with zero attached hydrogens (tertiary/aromatic N) is 1. The van der Waals surface area contributed by atoms with Crippen LogP contribution in [0.25, 0.3) is 0 Å². The van der Waals surface area contributed by atoms with Crippen LogP contribution in [0.3, 0.4) is 0 Å². The maximum atomic E-state index is 2.56. The number of rotatable bonds is 18. The van der Waals surface area contributed by atoms with E-state index in [1.807, 2.05) is 0 Å². The van der Waals surface area contributed by atoms with E-state index in [4.69, 9.17) is 0 Å². The summed E-state index contributed by atoms with van der Waals surface area (Å²) in [6.07, 6.45) is 13.9. The molecule has 0 aromatic rings. The summed E-state index contributed by atoms with van der Waals surface area (Å²) in [5.74, 6) is 0. The average Bonchev–Trinajstić information content (AvgIpc) is 2.68. The van der Waals surface area contributed by atoms with Crippen molar-refractivity contribution in [3.05, 3.63) is 34.9 Å². The molecule has 0 aromatic carbocycles. The Bertz CT molecular complexity index is 394. The SMILES string of the molecule is C[B]CC(=CCN(CC=C(C[B]C)C[B]C)CC=C(C[B]C)C[B]C)C[B]C.[Y].[Y].[Y].[Y].[Y].[Y]. The average molecular weight is 904 g/mol. The van der Waals surface area contributed by atoms with Crippen molar-refractivity contribution in [3.8, 4) is 0 Å². The molecule has 0 heterocycles. The van der Waals surface area contributed by atoms with E-state index in [0.29, 0.717) is 0 Å². The summed E-state index contributed by atoms with van der Waals surface area (Å²) in [4.78, 5) is 2.56. The Balaban J connectivity index is -0.000000243. The monoisotopic (exact) mass is 905 g/mol. The summed E-state index contributed by atoms with van der Waals surface area (Å²) in [6, 6.07) is 0. The first kappa shape index (κ1) is 56.0. The Kier molecular flexibility index (Phi) is 71.9. The fourth-order valence-corrected chi connectivity index (χ4v) is 3.32. The summed E-state index contributed by atoms with van der Waals surface area (Å²) in [5.41, 5.74) is 4.57. The molecule has 34 heavy (non-hydrogen) atoms. The second-order valence-corrected chi connectivity index (χ2v) is 7.48. The van der Waals surface area contributed by atoms with Crippen molar-refractivity contribution in [3.63, 3.8) is 0 Å². The molecule has 164 valence electrons. The van der Waals surface area contributed by atoms with Crippen LogP contribution in [-0.4, -0.2) is 68.2 Å². The molecule has 0 rings (SSSR count). The molecule has 0 unspecified atom stereocenters. The van der Waals surface area contributed by atoms with E-state index in [1.54, 1.807) is 0 Å². The van der Waals surface area contributed by atoms with E-state index in [0.717, 1.165) is 57.6 Å². The predicted octanol–water partition coefficient (Wildman–Crippen LogP) is 5.08. The van der Waals surface area contributed by atoms with Crippen molar-refractivity contribution in [1.82, 2.24) is 4.90 Å². The van der Waals surface area contributed by atoms with Crippen LogP contribution in [0.5, 0.6) is 0 Å². The standard InChI is InChI=1S/C21H39B6N.6Y/c1-22-13-19(14-23-2)7-10-28(11-8-20(15-24-3)16-25-4)12-9-21(17-26-5)18-27-6;;;;;;/h7-9H,10-18H2,1-6H3;;;;;;. The van der Waals surface area contributed by atoms with E-state index in [9.17, 15) is 0 Å². The van der Waals surface area contributed by atoms with Crippen LogP contribution >= 0.6 is 0 Å². The fourth-order valence-electron chi connectivity index (χ4n) is 3.32. The Morgan fingerprint density at radius 2 is 0.588 bits per heavy atom. The first-order valence-corrected chi connectivity index (χ1v) is 11.1. The molecule has 0 saturated carbocycles. The normalized spacial score (nSPS) is 8.21. The van der Waals surface area contributed by atoms with Crippen LogP contribution in [-0.2, 0) is 196 Å². The molecule has 0 N–H and O–H groups in total. The summed E-state index contributed by atoms with van der Waals surface area (Å²) >= 11 is 0. The largest absolute Gasteiger partial charge is 0.292 e. The van der Waals surface area contributed by atoms with E-state index in [1.165, 1.54) is 16.7 Å². The molecule has 0 aliphatic carbocycles. The molecule has 1 nitrogen and oxygen atoms in total. The van der Waals surface area contributed by atoms with Gasteiger partial charge in [-0.25, -0.2) is 0 Å². The van der Waals surface area contributed by atoms with Crippen molar-refractivity contribution < 1.29 is 196 Å². The maximum absolute atomic E-state index is 2.56. The molecule has 0 aliphatic heterocycles. The molecule has 13 heteroatoms. The number of hydrogen-bond acceptors (Lipinski definition) is 1. The molecule has 0 bridgehead atoms. The van der Waals surface area contributed by atoms with Crippen LogP contribution in [0.2, 0.25) is 78.9 Å². The molecule has 0 aromatic heterocycles. The van der Waals surface area contributed by atoms with E-state index >= 15 is 0 Å². The quantitative estimate of drug-likeness (QED) is 0.137. The molecular weight excluding hydrogens is 865 g/mol. The molecule has 0 atom stereocenters. The van der Waals surface area contributed by atoms with E-state index in [-0.39, 0.29) is 196 Å². The van der Waals surface area contributed by atoms with Crippen LogP contribution in [0, 0.1) is 0 Å². The van der Waals surface area contributed by atoms with Gasteiger partial charge in [0, 0.05) is 216 Å². The fraction of sp³-hybridized carbons (Fsp3) is 0.714. The second-order valence-electron chi connectivity index (χ2n) is 7.48. The van der Waals surface area contributed by atoms with Gasteiger partial charge in [0.05, 0.1) is 0 Å². The third kappa shape index (κ3) is 34.4. The minimum absolute atomic E-state index is 0. The van der Waals surface area contributed by atoms with Gasteiger partial charge in [-0.2, -0.15) is 0 Å². The van der Waals surface area contributed by atoms with Crippen LogP contribution < -0.4 is 0 Å². The van der Waals surface area contributed by atoms with Gasteiger partial charge in [0.25, 0.3) is 0 Å². The summed E-state index contributed by atoms with van der Waals surface area (Å²) in [5, 5.41) is 0. The van der Waals surface area contributed by atoms with Gasteiger partial charge in [0.15, 0.2) is 0 Å². The van der Waals surface area contributed by atoms with Crippen molar-refractivity contribution in [2.45, 2.75) is 78.9 Å². The predicted molar refractivity (Wildman–Crippen MR) is 139 cm³/mol. The zero-order valence-corrected chi connectivity index (χ0v) is 40.0. The van der Waals surface area contributed by atoms with Gasteiger partial charge in [-0.15, -0.1) is 0 Å². The van der Waals surface area contributed by atoms with Gasteiger partial charge < -0.3 is 0 Å². The van der Waals surface area contributed by atoms with E-state index < -0.39 is 0 Å². The first-order chi connectivity index (χ1) is 13.6. The third-order valence-corrected chi connectivity index (χ3v) is 4.71. The molecule has 0 fully saturated rings. The van der Waals surface area contributed by atoms with Crippen LogP contribution in [0.4, 0.5) is 0 Å². The maximum Gasteiger partial charge on any atom is 0.111 e.